The fraction of sp³-hybridized carbons (Fsp3) is 0.385. The van der Waals surface area contributed by atoms with Crippen LogP contribution in [0.1, 0.15) is 25.3 Å². The molecule has 0 saturated heterocycles. The van der Waals surface area contributed by atoms with Gasteiger partial charge in [0.25, 0.3) is 0 Å². The molecule has 0 spiro atoms. The van der Waals surface area contributed by atoms with Crippen LogP contribution in [0.4, 0.5) is 0 Å². The summed E-state index contributed by atoms with van der Waals surface area (Å²) in [5.74, 6) is 0. The number of benzene rings is 1. The number of aromatic amines is 1. The summed E-state index contributed by atoms with van der Waals surface area (Å²) in [6, 6.07) is 8.56. The molecule has 0 fully saturated rings. The number of rotatable bonds is 5. The lowest BCUT2D eigenvalue weighted by Gasteiger charge is -2.05. The number of H-pyrrole nitrogens is 1. The van der Waals surface area contributed by atoms with Crippen molar-refractivity contribution in [1.82, 2.24) is 10.3 Å². The summed E-state index contributed by atoms with van der Waals surface area (Å²) in [7, 11) is 0. The van der Waals surface area contributed by atoms with E-state index in [0.29, 0.717) is 0 Å². The first kappa shape index (κ1) is 10.2. The van der Waals surface area contributed by atoms with E-state index in [0.717, 1.165) is 13.1 Å². The molecule has 1 heterocycles. The highest BCUT2D eigenvalue weighted by Gasteiger charge is 1.99. The van der Waals surface area contributed by atoms with Crippen molar-refractivity contribution >= 4 is 10.9 Å². The molecule has 0 aliphatic heterocycles. The van der Waals surface area contributed by atoms with E-state index in [1.54, 1.807) is 0 Å². The zero-order valence-corrected chi connectivity index (χ0v) is 9.22. The zero-order valence-electron chi connectivity index (χ0n) is 9.22. The zero-order chi connectivity index (χ0) is 10.5. The van der Waals surface area contributed by atoms with Crippen molar-refractivity contribution in [2.75, 3.05) is 6.54 Å². The maximum atomic E-state index is 3.47. The van der Waals surface area contributed by atoms with Crippen LogP contribution < -0.4 is 5.32 Å². The van der Waals surface area contributed by atoms with Gasteiger partial charge in [0.05, 0.1) is 0 Å². The Morgan fingerprint density at radius 1 is 1.27 bits per heavy atom. The van der Waals surface area contributed by atoms with Crippen LogP contribution in [0.5, 0.6) is 0 Å². The molecule has 0 aliphatic carbocycles. The fourth-order valence-electron chi connectivity index (χ4n) is 1.83. The molecule has 0 bridgehead atoms. The minimum absolute atomic E-state index is 0.967. The lowest BCUT2D eigenvalue weighted by atomic mass is 10.1. The largest absolute Gasteiger partial charge is 0.361 e. The Hall–Kier alpha value is -1.28. The molecule has 1 aromatic heterocycles. The van der Waals surface area contributed by atoms with E-state index < -0.39 is 0 Å². The number of nitrogens with one attached hydrogen (secondary N) is 2. The Morgan fingerprint density at radius 2 is 2.20 bits per heavy atom. The second-order valence-corrected chi connectivity index (χ2v) is 3.89. The molecule has 0 amide bonds. The summed E-state index contributed by atoms with van der Waals surface area (Å²) < 4.78 is 0. The van der Waals surface area contributed by atoms with Crippen LogP contribution in [0.2, 0.25) is 0 Å². The van der Waals surface area contributed by atoms with Crippen molar-refractivity contribution in [2.45, 2.75) is 26.3 Å². The Bertz CT molecular complexity index is 417. The fourth-order valence-corrected chi connectivity index (χ4v) is 1.83. The second-order valence-electron chi connectivity index (χ2n) is 3.89. The van der Waals surface area contributed by atoms with Gasteiger partial charge in [-0.1, -0.05) is 25.5 Å². The van der Waals surface area contributed by atoms with E-state index in [4.69, 9.17) is 0 Å². The van der Waals surface area contributed by atoms with Crippen molar-refractivity contribution in [3.63, 3.8) is 0 Å². The molecule has 80 valence electrons. The van der Waals surface area contributed by atoms with Crippen LogP contribution in [0.25, 0.3) is 10.9 Å². The van der Waals surface area contributed by atoms with Gasteiger partial charge in [-0.05, 0) is 30.7 Å². The summed E-state index contributed by atoms with van der Waals surface area (Å²) in [4.78, 5) is 3.23. The van der Waals surface area contributed by atoms with Gasteiger partial charge in [0.15, 0.2) is 0 Å². The normalized spacial score (nSPS) is 11.0. The third-order valence-electron chi connectivity index (χ3n) is 2.71. The number of hydrogen-bond acceptors (Lipinski definition) is 1. The first-order valence-corrected chi connectivity index (χ1v) is 5.67. The van der Waals surface area contributed by atoms with Crippen LogP contribution in [-0.2, 0) is 6.54 Å². The first-order chi connectivity index (χ1) is 7.42. The standard InChI is InChI=1S/C13H18N2/c1-2-3-8-14-10-11-5-4-6-13-12(11)7-9-15-13/h4-7,9,14-15H,2-3,8,10H2,1H3. The first-order valence-electron chi connectivity index (χ1n) is 5.67. The molecule has 2 aromatic rings. The van der Waals surface area contributed by atoms with E-state index in [1.165, 1.54) is 29.3 Å². The Morgan fingerprint density at radius 3 is 3.07 bits per heavy atom. The van der Waals surface area contributed by atoms with Gasteiger partial charge in [-0.3, -0.25) is 0 Å². The molecule has 1 aromatic carbocycles. The van der Waals surface area contributed by atoms with Gasteiger partial charge >= 0.3 is 0 Å². The van der Waals surface area contributed by atoms with Crippen molar-refractivity contribution in [1.29, 1.82) is 0 Å². The van der Waals surface area contributed by atoms with Crippen LogP contribution in [0, 0.1) is 0 Å². The van der Waals surface area contributed by atoms with Crippen molar-refractivity contribution in [3.8, 4) is 0 Å². The van der Waals surface area contributed by atoms with Gasteiger partial charge in [-0.2, -0.15) is 0 Å². The molecular formula is C13H18N2. The monoisotopic (exact) mass is 202 g/mol. The summed E-state index contributed by atoms with van der Waals surface area (Å²) >= 11 is 0. The SMILES string of the molecule is CCCCNCc1cccc2[nH]ccc12. The molecule has 2 rings (SSSR count). The van der Waals surface area contributed by atoms with Gasteiger partial charge < -0.3 is 10.3 Å². The third-order valence-corrected chi connectivity index (χ3v) is 2.71. The van der Waals surface area contributed by atoms with E-state index in [-0.39, 0.29) is 0 Å². The van der Waals surface area contributed by atoms with Gasteiger partial charge in [0.1, 0.15) is 0 Å². The predicted octanol–water partition coefficient (Wildman–Crippen LogP) is 3.06. The Kier molecular flexibility index (Phi) is 3.41. The molecular weight excluding hydrogens is 184 g/mol. The van der Waals surface area contributed by atoms with Crippen LogP contribution >= 0.6 is 0 Å². The van der Waals surface area contributed by atoms with Gasteiger partial charge in [0, 0.05) is 23.6 Å². The van der Waals surface area contributed by atoms with Gasteiger partial charge in [-0.15, -0.1) is 0 Å². The topological polar surface area (TPSA) is 27.8 Å². The molecule has 0 atom stereocenters. The molecule has 15 heavy (non-hydrogen) atoms. The van der Waals surface area contributed by atoms with Crippen molar-refractivity contribution < 1.29 is 0 Å². The highest BCUT2D eigenvalue weighted by molar-refractivity contribution is 5.82. The molecule has 0 aliphatic rings. The maximum Gasteiger partial charge on any atom is 0.0457 e. The predicted molar refractivity (Wildman–Crippen MR) is 64.9 cm³/mol. The highest BCUT2D eigenvalue weighted by atomic mass is 14.8. The van der Waals surface area contributed by atoms with Crippen LogP contribution in [0.15, 0.2) is 30.5 Å². The maximum absolute atomic E-state index is 3.47. The Balaban J connectivity index is 2.04. The van der Waals surface area contributed by atoms with E-state index in [9.17, 15) is 0 Å². The van der Waals surface area contributed by atoms with Crippen molar-refractivity contribution in [2.24, 2.45) is 0 Å². The molecule has 2 heteroatoms. The molecule has 0 unspecified atom stereocenters. The lowest BCUT2D eigenvalue weighted by Crippen LogP contribution is -2.14. The number of hydrogen-bond donors (Lipinski definition) is 2. The number of aromatic nitrogens is 1. The minimum atomic E-state index is 0.967. The quantitative estimate of drug-likeness (QED) is 0.716. The number of fused-ring (bicyclic) bond motifs is 1. The summed E-state index contributed by atoms with van der Waals surface area (Å²) in [6.45, 7) is 4.29. The third kappa shape index (κ3) is 2.39. The molecule has 0 radical (unpaired) electrons. The van der Waals surface area contributed by atoms with Crippen molar-refractivity contribution in [3.05, 3.63) is 36.0 Å². The average Bonchev–Trinajstić information content (AvgIpc) is 2.73. The number of unbranched alkanes of at least 4 members (excludes halogenated alkanes) is 1. The second kappa shape index (κ2) is 4.99. The highest BCUT2D eigenvalue weighted by Crippen LogP contribution is 2.16. The summed E-state index contributed by atoms with van der Waals surface area (Å²) in [5.41, 5.74) is 2.61. The molecule has 2 N–H and O–H groups in total. The van der Waals surface area contributed by atoms with Crippen LogP contribution in [0.3, 0.4) is 0 Å². The van der Waals surface area contributed by atoms with Gasteiger partial charge in [0.2, 0.25) is 0 Å². The van der Waals surface area contributed by atoms with E-state index in [1.807, 2.05) is 6.20 Å². The lowest BCUT2D eigenvalue weighted by molar-refractivity contribution is 0.643. The smallest absolute Gasteiger partial charge is 0.0457 e. The molecule has 0 saturated carbocycles. The Labute approximate surface area is 90.7 Å². The van der Waals surface area contributed by atoms with Gasteiger partial charge in [-0.25, -0.2) is 0 Å². The summed E-state index contributed by atoms with van der Waals surface area (Å²) in [5, 5.41) is 4.81. The van der Waals surface area contributed by atoms with E-state index in [2.05, 4.69) is 41.5 Å². The van der Waals surface area contributed by atoms with Crippen LogP contribution in [-0.4, -0.2) is 11.5 Å². The summed E-state index contributed by atoms with van der Waals surface area (Å²) in [6.07, 6.45) is 4.50. The average molecular weight is 202 g/mol. The minimum Gasteiger partial charge on any atom is -0.361 e. The van der Waals surface area contributed by atoms with E-state index >= 15 is 0 Å². The molecule has 2 nitrogen and oxygen atoms in total.